The molecule has 3 aromatic rings. The third-order valence-electron chi connectivity index (χ3n) is 8.37. The third kappa shape index (κ3) is 5.22. The molecule has 2 heterocycles. The molecule has 6 nitrogen and oxygen atoms in total. The Hall–Kier alpha value is -2.81. The van der Waals surface area contributed by atoms with Gasteiger partial charge in [0.15, 0.2) is 0 Å². The molecular weight excluding hydrogens is 511 g/mol. The molecule has 0 bridgehead atoms. The van der Waals surface area contributed by atoms with Gasteiger partial charge in [-0.15, -0.1) is 0 Å². The Labute approximate surface area is 232 Å². The zero-order chi connectivity index (χ0) is 28.0. The minimum Gasteiger partial charge on any atom is -0.303 e. The summed E-state index contributed by atoms with van der Waals surface area (Å²) in [6.45, 7) is 14.1. The highest BCUT2D eigenvalue weighted by Gasteiger charge is 2.46. The molecule has 2 aliphatic rings. The maximum Gasteiger partial charge on any atom is 0.243 e. The summed E-state index contributed by atoms with van der Waals surface area (Å²) in [6.07, 6.45) is 5.46. The quantitative estimate of drug-likeness (QED) is 0.380. The van der Waals surface area contributed by atoms with Gasteiger partial charge in [-0.25, -0.2) is 17.5 Å². The van der Waals surface area contributed by atoms with E-state index in [-0.39, 0.29) is 16.6 Å². The lowest BCUT2D eigenvalue weighted by molar-refractivity contribution is 0.137. The third-order valence-corrected chi connectivity index (χ3v) is 10.2. The van der Waals surface area contributed by atoms with E-state index < -0.39 is 10.0 Å². The summed E-state index contributed by atoms with van der Waals surface area (Å²) in [5.41, 5.74) is 4.89. The van der Waals surface area contributed by atoms with Crippen LogP contribution < -0.4 is 0 Å². The van der Waals surface area contributed by atoms with E-state index in [9.17, 15) is 12.8 Å². The summed E-state index contributed by atoms with van der Waals surface area (Å²) < 4.78 is 44.9. The maximum atomic E-state index is 13.9. The van der Waals surface area contributed by atoms with Crippen molar-refractivity contribution in [2.75, 3.05) is 32.7 Å². The summed E-state index contributed by atoms with van der Waals surface area (Å²) in [6, 6.07) is 13.7. The molecule has 2 aromatic carbocycles. The topological polar surface area (TPSA) is 58.4 Å². The summed E-state index contributed by atoms with van der Waals surface area (Å²) in [7, 11) is -3.65. The number of benzene rings is 2. The Morgan fingerprint density at radius 2 is 1.69 bits per heavy atom. The van der Waals surface area contributed by atoms with Crippen LogP contribution in [0.15, 0.2) is 65.2 Å². The Morgan fingerprint density at radius 3 is 2.31 bits per heavy atom. The number of nitrogens with zero attached hydrogens (tertiary/aromatic N) is 4. The van der Waals surface area contributed by atoms with E-state index in [1.165, 1.54) is 17.7 Å². The first-order valence-corrected chi connectivity index (χ1v) is 15.3. The Bertz CT molecular complexity index is 1470. The number of rotatable bonds is 7. The van der Waals surface area contributed by atoms with E-state index in [0.717, 1.165) is 42.1 Å². The fraction of sp³-hybridized carbons (Fsp3) is 0.452. The van der Waals surface area contributed by atoms with Crippen molar-refractivity contribution < 1.29 is 12.8 Å². The SMILES string of the molecule is CCN(CC)C[C@]12Cc3cnn(-c4ccc(F)cc4)c3C=C1CCN(S(=O)(=O)c1ccc(C(C)(C)C)cc1)C2. The van der Waals surface area contributed by atoms with Gasteiger partial charge in [-0.1, -0.05) is 52.3 Å². The second-order valence-electron chi connectivity index (χ2n) is 11.9. The van der Waals surface area contributed by atoms with Gasteiger partial charge in [0.2, 0.25) is 10.0 Å². The molecule has 208 valence electrons. The number of fused-ring (bicyclic) bond motifs is 2. The first kappa shape index (κ1) is 27.7. The van der Waals surface area contributed by atoms with E-state index in [0.29, 0.717) is 30.8 Å². The average Bonchev–Trinajstić information content (AvgIpc) is 3.32. The number of sulfonamides is 1. The standard InChI is InChI=1S/C31H39FN4O2S/c1-6-34(7-2)21-31-19-23-20-33-36(27-12-10-26(32)11-13-27)29(23)18-25(31)16-17-35(22-31)39(37,38)28-14-8-24(9-15-28)30(3,4)5/h8-15,18,20H,6-7,16-17,19,21-22H2,1-5H3/t31-/m0/s1. The van der Waals surface area contributed by atoms with Crippen molar-refractivity contribution in [3.63, 3.8) is 0 Å². The van der Waals surface area contributed by atoms with E-state index in [2.05, 4.69) is 50.7 Å². The molecule has 0 saturated carbocycles. The van der Waals surface area contributed by atoms with Crippen molar-refractivity contribution in [2.24, 2.45) is 5.41 Å². The van der Waals surface area contributed by atoms with Gasteiger partial charge in [-0.05, 0) is 84.9 Å². The second-order valence-corrected chi connectivity index (χ2v) is 13.8. The van der Waals surface area contributed by atoms with E-state index in [1.54, 1.807) is 28.6 Å². The lowest BCUT2D eigenvalue weighted by Crippen LogP contribution is -2.54. The fourth-order valence-corrected chi connectivity index (χ4v) is 7.51. The van der Waals surface area contributed by atoms with Crippen LogP contribution in [0.5, 0.6) is 0 Å². The number of hydrogen-bond donors (Lipinski definition) is 0. The maximum absolute atomic E-state index is 13.9. The van der Waals surface area contributed by atoms with Gasteiger partial charge in [0.05, 0.1) is 22.5 Å². The van der Waals surface area contributed by atoms with Gasteiger partial charge in [-0.2, -0.15) is 9.40 Å². The predicted octanol–water partition coefficient (Wildman–Crippen LogP) is 5.67. The Kier molecular flexibility index (Phi) is 7.33. The van der Waals surface area contributed by atoms with Gasteiger partial charge < -0.3 is 4.90 Å². The molecule has 0 amide bonds. The van der Waals surface area contributed by atoms with Crippen LogP contribution in [0.4, 0.5) is 4.39 Å². The lowest BCUT2D eigenvalue weighted by atomic mass is 9.68. The summed E-state index contributed by atoms with van der Waals surface area (Å²) in [5, 5.41) is 4.65. The monoisotopic (exact) mass is 550 g/mol. The van der Waals surface area contributed by atoms with Gasteiger partial charge in [0.25, 0.3) is 0 Å². The van der Waals surface area contributed by atoms with Crippen molar-refractivity contribution in [3.05, 3.63) is 82.9 Å². The van der Waals surface area contributed by atoms with Crippen molar-refractivity contribution >= 4 is 16.1 Å². The molecule has 8 heteroatoms. The minimum absolute atomic E-state index is 0.0426. The van der Waals surface area contributed by atoms with Crippen molar-refractivity contribution in [1.29, 1.82) is 0 Å². The van der Waals surface area contributed by atoms with Crippen molar-refractivity contribution in [2.45, 2.75) is 57.8 Å². The molecular formula is C31H39FN4O2S. The highest BCUT2D eigenvalue weighted by Crippen LogP contribution is 2.46. The van der Waals surface area contributed by atoms with Crippen LogP contribution in [-0.4, -0.2) is 60.1 Å². The molecule has 5 rings (SSSR count). The van der Waals surface area contributed by atoms with Crippen LogP contribution >= 0.6 is 0 Å². The molecule has 1 fully saturated rings. The van der Waals surface area contributed by atoms with Gasteiger partial charge >= 0.3 is 0 Å². The van der Waals surface area contributed by atoms with Crippen LogP contribution in [0.2, 0.25) is 0 Å². The zero-order valence-corrected chi connectivity index (χ0v) is 24.4. The fourth-order valence-electron chi connectivity index (χ4n) is 5.99. The van der Waals surface area contributed by atoms with E-state index in [4.69, 9.17) is 0 Å². The molecule has 0 unspecified atom stereocenters. The van der Waals surface area contributed by atoms with Crippen LogP contribution in [0.3, 0.4) is 0 Å². The van der Waals surface area contributed by atoms with Crippen molar-refractivity contribution in [3.8, 4) is 5.69 Å². The summed E-state index contributed by atoms with van der Waals surface area (Å²) >= 11 is 0. The smallest absolute Gasteiger partial charge is 0.243 e. The Balaban J connectivity index is 1.51. The average molecular weight is 551 g/mol. The second kappa shape index (κ2) is 10.3. The summed E-state index contributed by atoms with van der Waals surface area (Å²) in [5.74, 6) is -0.280. The van der Waals surface area contributed by atoms with E-state index in [1.807, 2.05) is 23.0 Å². The molecule has 0 spiro atoms. The molecule has 0 N–H and O–H groups in total. The molecule has 1 aromatic heterocycles. The van der Waals surface area contributed by atoms with Crippen LogP contribution in [0, 0.1) is 11.2 Å². The number of piperidine rings is 1. The minimum atomic E-state index is -3.65. The highest BCUT2D eigenvalue weighted by atomic mass is 32.2. The van der Waals surface area contributed by atoms with E-state index >= 15 is 0 Å². The molecule has 1 aliphatic carbocycles. The predicted molar refractivity (Wildman–Crippen MR) is 154 cm³/mol. The van der Waals surface area contributed by atoms with Gasteiger partial charge in [0, 0.05) is 25.0 Å². The lowest BCUT2D eigenvalue weighted by Gasteiger charge is -2.48. The molecule has 1 saturated heterocycles. The Morgan fingerprint density at radius 1 is 1.03 bits per heavy atom. The first-order chi connectivity index (χ1) is 18.5. The molecule has 39 heavy (non-hydrogen) atoms. The highest BCUT2D eigenvalue weighted by molar-refractivity contribution is 7.89. The van der Waals surface area contributed by atoms with Crippen molar-refractivity contribution in [1.82, 2.24) is 19.0 Å². The molecule has 1 atom stereocenters. The van der Waals surface area contributed by atoms with Gasteiger partial charge in [0.1, 0.15) is 5.82 Å². The number of halogens is 1. The summed E-state index contributed by atoms with van der Waals surface area (Å²) in [4.78, 5) is 2.74. The number of aromatic nitrogens is 2. The zero-order valence-electron chi connectivity index (χ0n) is 23.6. The number of hydrogen-bond acceptors (Lipinski definition) is 4. The largest absolute Gasteiger partial charge is 0.303 e. The van der Waals surface area contributed by atoms with Crippen LogP contribution in [0.1, 0.15) is 57.9 Å². The normalized spacial score (nSPS) is 20.0. The first-order valence-electron chi connectivity index (χ1n) is 13.8. The van der Waals surface area contributed by atoms with Gasteiger partial charge in [-0.3, -0.25) is 0 Å². The molecule has 1 aliphatic heterocycles. The van der Waals surface area contributed by atoms with Crippen LogP contribution in [-0.2, 0) is 21.9 Å². The van der Waals surface area contributed by atoms with Crippen LogP contribution in [0.25, 0.3) is 11.8 Å². The molecule has 0 radical (unpaired) electrons.